The maximum atomic E-state index is 12.9. The first-order valence-corrected chi connectivity index (χ1v) is 12.5. The molecule has 1 aliphatic rings. The molecule has 1 saturated heterocycles. The molecule has 0 saturated carbocycles. The Morgan fingerprint density at radius 1 is 1.00 bits per heavy atom. The van der Waals surface area contributed by atoms with E-state index in [-0.39, 0.29) is 22.2 Å². The van der Waals surface area contributed by atoms with E-state index in [1.807, 2.05) is 25.1 Å². The molecule has 1 aliphatic heterocycles. The molecule has 0 spiro atoms. The molecular weight excluding hydrogens is 426 g/mol. The summed E-state index contributed by atoms with van der Waals surface area (Å²) in [6.07, 6.45) is 0.568. The van der Waals surface area contributed by atoms with Gasteiger partial charge in [0.1, 0.15) is 0 Å². The summed E-state index contributed by atoms with van der Waals surface area (Å²) in [5.74, 6) is 0.406. The van der Waals surface area contributed by atoms with E-state index < -0.39 is 9.84 Å². The third-order valence-electron chi connectivity index (χ3n) is 5.61. The van der Waals surface area contributed by atoms with E-state index in [0.29, 0.717) is 30.8 Å². The largest absolute Gasteiger partial charge is 0.355 e. The molecule has 0 atom stereocenters. The molecule has 0 N–H and O–H groups in total. The normalized spacial score (nSPS) is 15.1. The van der Waals surface area contributed by atoms with Gasteiger partial charge in [0.05, 0.1) is 10.6 Å². The van der Waals surface area contributed by atoms with Gasteiger partial charge in [-0.25, -0.2) is 8.42 Å². The first-order valence-electron chi connectivity index (χ1n) is 10.8. The number of nitrogens with zero attached hydrogens (tertiary/aromatic N) is 3. The zero-order valence-electron chi connectivity index (χ0n) is 18.1. The maximum Gasteiger partial charge on any atom is 0.276 e. The minimum atomic E-state index is -3.27. The fourth-order valence-electron chi connectivity index (χ4n) is 3.84. The van der Waals surface area contributed by atoms with Crippen molar-refractivity contribution in [1.29, 1.82) is 0 Å². The number of sulfone groups is 1. The molecule has 2 aromatic carbocycles. The second kappa shape index (κ2) is 9.67. The Morgan fingerprint density at radius 2 is 1.69 bits per heavy atom. The van der Waals surface area contributed by atoms with Crippen LogP contribution in [-0.4, -0.2) is 61.2 Å². The van der Waals surface area contributed by atoms with E-state index in [1.165, 1.54) is 5.56 Å². The number of benzene rings is 2. The molecule has 1 amide bonds. The number of amides is 1. The Morgan fingerprint density at radius 3 is 2.34 bits per heavy atom. The third-order valence-corrected chi connectivity index (χ3v) is 7.54. The Bertz CT molecular complexity index is 1150. The molecule has 1 fully saturated rings. The van der Waals surface area contributed by atoms with Crippen molar-refractivity contribution in [1.82, 2.24) is 15.0 Å². The second-order valence-electron chi connectivity index (χ2n) is 7.97. The van der Waals surface area contributed by atoms with Crippen LogP contribution >= 0.6 is 0 Å². The third kappa shape index (κ3) is 5.08. The van der Waals surface area contributed by atoms with Gasteiger partial charge >= 0.3 is 0 Å². The quantitative estimate of drug-likeness (QED) is 0.545. The number of aromatic nitrogens is 1. The highest BCUT2D eigenvalue weighted by Crippen LogP contribution is 2.24. The Hall–Kier alpha value is -2.97. The van der Waals surface area contributed by atoms with Crippen molar-refractivity contribution < 1.29 is 17.7 Å². The van der Waals surface area contributed by atoms with Crippen molar-refractivity contribution in [3.8, 4) is 11.3 Å². The van der Waals surface area contributed by atoms with Crippen molar-refractivity contribution in [2.45, 2.75) is 24.8 Å². The highest BCUT2D eigenvalue weighted by Gasteiger charge is 2.25. The summed E-state index contributed by atoms with van der Waals surface area (Å²) in [6, 6.07) is 18.4. The minimum Gasteiger partial charge on any atom is -0.355 e. The first-order chi connectivity index (χ1) is 15.5. The van der Waals surface area contributed by atoms with Gasteiger partial charge in [-0.05, 0) is 36.2 Å². The van der Waals surface area contributed by atoms with E-state index in [1.54, 1.807) is 35.2 Å². The van der Waals surface area contributed by atoms with Crippen molar-refractivity contribution in [3.05, 3.63) is 71.9 Å². The number of rotatable bonds is 7. The molecule has 168 valence electrons. The maximum absolute atomic E-state index is 12.9. The number of hydrogen-bond donors (Lipinski definition) is 0. The lowest BCUT2D eigenvalue weighted by Crippen LogP contribution is -2.48. The molecule has 0 bridgehead atoms. The predicted octanol–water partition coefficient (Wildman–Crippen LogP) is 3.48. The smallest absolute Gasteiger partial charge is 0.276 e. The van der Waals surface area contributed by atoms with Crippen LogP contribution in [0.5, 0.6) is 0 Å². The number of piperazine rings is 1. The summed E-state index contributed by atoms with van der Waals surface area (Å²) in [4.78, 5) is 17.3. The van der Waals surface area contributed by atoms with Gasteiger partial charge in [-0.15, -0.1) is 0 Å². The summed E-state index contributed by atoms with van der Waals surface area (Å²) >= 11 is 0. The van der Waals surface area contributed by atoms with Crippen LogP contribution in [0.2, 0.25) is 0 Å². The van der Waals surface area contributed by atoms with Gasteiger partial charge in [0.25, 0.3) is 5.91 Å². The fraction of sp³-hybridized carbons (Fsp3) is 0.333. The lowest BCUT2D eigenvalue weighted by Gasteiger charge is -2.34. The van der Waals surface area contributed by atoms with Gasteiger partial charge in [-0.2, -0.15) is 0 Å². The monoisotopic (exact) mass is 453 g/mol. The van der Waals surface area contributed by atoms with Crippen LogP contribution in [0.3, 0.4) is 0 Å². The molecule has 7 nitrogen and oxygen atoms in total. The highest BCUT2D eigenvalue weighted by molar-refractivity contribution is 7.91. The van der Waals surface area contributed by atoms with Gasteiger partial charge in [-0.3, -0.25) is 9.69 Å². The van der Waals surface area contributed by atoms with Gasteiger partial charge in [-0.1, -0.05) is 42.4 Å². The zero-order valence-corrected chi connectivity index (χ0v) is 18.9. The van der Waals surface area contributed by atoms with Crippen molar-refractivity contribution in [2.24, 2.45) is 0 Å². The Labute approximate surface area is 188 Å². The van der Waals surface area contributed by atoms with Crippen LogP contribution in [0.4, 0.5) is 0 Å². The van der Waals surface area contributed by atoms with E-state index >= 15 is 0 Å². The molecule has 32 heavy (non-hydrogen) atoms. The molecular formula is C24H27N3O4S. The topological polar surface area (TPSA) is 83.7 Å². The summed E-state index contributed by atoms with van der Waals surface area (Å²) in [7, 11) is -3.27. The van der Waals surface area contributed by atoms with Crippen LogP contribution in [0.25, 0.3) is 11.3 Å². The number of carbonyl (C=O) groups excluding carboxylic acids is 1. The van der Waals surface area contributed by atoms with Crippen molar-refractivity contribution in [3.63, 3.8) is 0 Å². The first kappa shape index (κ1) is 22.2. The molecule has 4 rings (SSSR count). The van der Waals surface area contributed by atoms with E-state index in [0.717, 1.165) is 19.6 Å². The van der Waals surface area contributed by atoms with Gasteiger partial charge in [0, 0.05) is 44.4 Å². The van der Waals surface area contributed by atoms with Crippen LogP contribution in [0.15, 0.2) is 70.1 Å². The summed E-state index contributed by atoms with van der Waals surface area (Å²) in [5, 5.41) is 3.96. The van der Waals surface area contributed by atoms with Crippen LogP contribution < -0.4 is 0 Å². The number of carbonyl (C=O) groups is 1. The van der Waals surface area contributed by atoms with Crippen LogP contribution in [-0.2, 0) is 16.4 Å². The second-order valence-corrected chi connectivity index (χ2v) is 10.1. The van der Waals surface area contributed by atoms with E-state index in [2.05, 4.69) is 22.2 Å². The standard InChI is InChI=1S/C24H27N3O4S/c1-2-16-32(29,30)21-10-8-20(9-11-21)23-17-22(25-31-23)24(28)27-14-12-26(13-15-27)18-19-6-4-3-5-7-19/h3-11,17H,2,12-16,18H2,1H3. The Balaban J connectivity index is 1.37. The van der Waals surface area contributed by atoms with Gasteiger partial charge in [0.15, 0.2) is 21.3 Å². The van der Waals surface area contributed by atoms with Crippen molar-refractivity contribution in [2.75, 3.05) is 31.9 Å². The minimum absolute atomic E-state index is 0.117. The molecule has 3 aromatic rings. The molecule has 0 unspecified atom stereocenters. The number of hydrogen-bond acceptors (Lipinski definition) is 6. The average molecular weight is 454 g/mol. The molecule has 8 heteroatoms. The fourth-order valence-corrected chi connectivity index (χ4v) is 5.16. The van der Waals surface area contributed by atoms with Crippen LogP contribution in [0, 0.1) is 0 Å². The average Bonchev–Trinajstić information content (AvgIpc) is 3.30. The summed E-state index contributed by atoms with van der Waals surface area (Å²) in [5.41, 5.74) is 2.21. The lowest BCUT2D eigenvalue weighted by atomic mass is 10.1. The summed E-state index contributed by atoms with van der Waals surface area (Å²) < 4.78 is 29.7. The predicted molar refractivity (Wildman–Crippen MR) is 122 cm³/mol. The molecule has 1 aromatic heterocycles. The van der Waals surface area contributed by atoms with Crippen LogP contribution in [0.1, 0.15) is 29.4 Å². The van der Waals surface area contributed by atoms with Gasteiger partial charge in [0.2, 0.25) is 0 Å². The van der Waals surface area contributed by atoms with Crippen molar-refractivity contribution >= 4 is 15.7 Å². The molecule has 2 heterocycles. The van der Waals surface area contributed by atoms with E-state index in [4.69, 9.17) is 4.52 Å². The summed E-state index contributed by atoms with van der Waals surface area (Å²) in [6.45, 7) is 5.59. The van der Waals surface area contributed by atoms with E-state index in [9.17, 15) is 13.2 Å². The Kier molecular flexibility index (Phi) is 6.72. The highest BCUT2D eigenvalue weighted by atomic mass is 32.2. The zero-order chi connectivity index (χ0) is 22.6. The molecule has 0 radical (unpaired) electrons. The molecule has 0 aliphatic carbocycles. The van der Waals surface area contributed by atoms with Gasteiger partial charge < -0.3 is 9.42 Å². The lowest BCUT2D eigenvalue weighted by molar-refractivity contribution is 0.0618. The SMILES string of the molecule is CCCS(=O)(=O)c1ccc(-c2cc(C(=O)N3CCN(Cc4ccccc4)CC3)no2)cc1.